The number of aliphatic hydroxyl groups is 1. The highest BCUT2D eigenvalue weighted by Gasteiger charge is 2.20. The fourth-order valence-corrected chi connectivity index (χ4v) is 2.09. The minimum atomic E-state index is 0.279. The Bertz CT molecular complexity index is 376. The van der Waals surface area contributed by atoms with E-state index < -0.39 is 0 Å². The molecule has 17 heavy (non-hydrogen) atoms. The highest BCUT2D eigenvalue weighted by molar-refractivity contribution is 5.52. The first-order valence-corrected chi connectivity index (χ1v) is 5.91. The van der Waals surface area contributed by atoms with Crippen molar-refractivity contribution in [3.8, 4) is 0 Å². The number of hydrogen-bond donors (Lipinski definition) is 3. The Morgan fingerprint density at radius 3 is 2.76 bits per heavy atom. The van der Waals surface area contributed by atoms with E-state index in [9.17, 15) is 0 Å². The molecular weight excluding hydrogens is 218 g/mol. The van der Waals surface area contributed by atoms with E-state index >= 15 is 0 Å². The quantitative estimate of drug-likeness (QED) is 0.701. The average molecular weight is 237 g/mol. The lowest BCUT2D eigenvalue weighted by atomic mass is 9.98. The van der Waals surface area contributed by atoms with Crippen LogP contribution in [0.4, 0.5) is 17.6 Å². The SMILES string of the molecule is CNc1cc(N2CCC(CO)CC2)nc(N)n1. The molecule has 0 bridgehead atoms. The molecule has 0 spiro atoms. The van der Waals surface area contributed by atoms with Crippen LogP contribution in [-0.2, 0) is 0 Å². The Kier molecular flexibility index (Phi) is 3.63. The first-order valence-electron chi connectivity index (χ1n) is 5.91. The van der Waals surface area contributed by atoms with Gasteiger partial charge in [-0.15, -0.1) is 0 Å². The van der Waals surface area contributed by atoms with Gasteiger partial charge in [-0.05, 0) is 18.8 Å². The van der Waals surface area contributed by atoms with Crippen LogP contribution in [-0.4, -0.2) is 41.8 Å². The molecule has 1 aromatic rings. The normalized spacial score (nSPS) is 17.2. The molecule has 0 aromatic carbocycles. The molecule has 1 aromatic heterocycles. The van der Waals surface area contributed by atoms with E-state index in [4.69, 9.17) is 10.8 Å². The molecule has 0 saturated carbocycles. The van der Waals surface area contributed by atoms with Crippen LogP contribution in [0.15, 0.2) is 6.07 Å². The summed E-state index contributed by atoms with van der Waals surface area (Å²) in [4.78, 5) is 10.5. The number of piperidine rings is 1. The molecule has 2 rings (SSSR count). The van der Waals surface area contributed by atoms with E-state index in [2.05, 4.69) is 20.2 Å². The number of hydrogen-bond acceptors (Lipinski definition) is 6. The fraction of sp³-hybridized carbons (Fsp3) is 0.636. The van der Waals surface area contributed by atoms with Crippen molar-refractivity contribution in [1.82, 2.24) is 9.97 Å². The van der Waals surface area contributed by atoms with Crippen LogP contribution < -0.4 is 16.0 Å². The van der Waals surface area contributed by atoms with Crippen molar-refractivity contribution >= 4 is 17.6 Å². The fourth-order valence-electron chi connectivity index (χ4n) is 2.09. The van der Waals surface area contributed by atoms with Crippen LogP contribution in [0.25, 0.3) is 0 Å². The number of nitrogens with two attached hydrogens (primary N) is 1. The second kappa shape index (κ2) is 5.18. The first kappa shape index (κ1) is 11.9. The summed E-state index contributed by atoms with van der Waals surface area (Å²) in [6, 6.07) is 1.90. The van der Waals surface area contributed by atoms with Gasteiger partial charge in [-0.2, -0.15) is 9.97 Å². The number of anilines is 3. The zero-order valence-corrected chi connectivity index (χ0v) is 10.1. The van der Waals surface area contributed by atoms with E-state index in [1.54, 1.807) is 0 Å². The van der Waals surface area contributed by atoms with Crippen LogP contribution in [0.1, 0.15) is 12.8 Å². The predicted molar refractivity (Wildman–Crippen MR) is 68.0 cm³/mol. The van der Waals surface area contributed by atoms with Crippen molar-refractivity contribution < 1.29 is 5.11 Å². The molecule has 0 atom stereocenters. The van der Waals surface area contributed by atoms with Crippen LogP contribution in [0.2, 0.25) is 0 Å². The third kappa shape index (κ3) is 2.76. The van der Waals surface area contributed by atoms with Crippen molar-refractivity contribution in [1.29, 1.82) is 0 Å². The highest BCUT2D eigenvalue weighted by atomic mass is 16.3. The van der Waals surface area contributed by atoms with Gasteiger partial charge in [0, 0.05) is 32.8 Å². The van der Waals surface area contributed by atoms with Crippen molar-refractivity contribution in [2.75, 3.05) is 42.7 Å². The van der Waals surface area contributed by atoms with Gasteiger partial charge >= 0.3 is 0 Å². The zero-order valence-electron chi connectivity index (χ0n) is 10.1. The van der Waals surface area contributed by atoms with Gasteiger partial charge in [-0.3, -0.25) is 0 Å². The molecule has 0 amide bonds. The Balaban J connectivity index is 2.10. The number of aliphatic hydroxyl groups excluding tert-OH is 1. The number of rotatable bonds is 3. The summed E-state index contributed by atoms with van der Waals surface area (Å²) in [6.07, 6.45) is 1.99. The minimum absolute atomic E-state index is 0.279. The Morgan fingerprint density at radius 1 is 1.47 bits per heavy atom. The minimum Gasteiger partial charge on any atom is -0.396 e. The van der Waals surface area contributed by atoms with E-state index in [0.717, 1.165) is 37.6 Å². The van der Waals surface area contributed by atoms with Crippen molar-refractivity contribution in [3.05, 3.63) is 6.07 Å². The summed E-state index contributed by atoms with van der Waals surface area (Å²) in [7, 11) is 1.81. The molecule has 2 heterocycles. The summed E-state index contributed by atoms with van der Waals surface area (Å²) < 4.78 is 0. The number of nitrogen functional groups attached to an aromatic ring is 1. The summed E-state index contributed by atoms with van der Waals surface area (Å²) in [5.74, 6) is 2.31. The van der Waals surface area contributed by atoms with E-state index in [-0.39, 0.29) is 12.6 Å². The average Bonchev–Trinajstić information content (AvgIpc) is 2.38. The van der Waals surface area contributed by atoms with Crippen molar-refractivity contribution in [2.45, 2.75) is 12.8 Å². The van der Waals surface area contributed by atoms with Gasteiger partial charge in [-0.1, -0.05) is 0 Å². The van der Waals surface area contributed by atoms with Crippen LogP contribution >= 0.6 is 0 Å². The molecule has 0 radical (unpaired) electrons. The largest absolute Gasteiger partial charge is 0.396 e. The number of aromatic nitrogens is 2. The Hall–Kier alpha value is -1.56. The van der Waals surface area contributed by atoms with E-state index in [0.29, 0.717) is 5.92 Å². The Morgan fingerprint density at radius 2 is 2.18 bits per heavy atom. The zero-order chi connectivity index (χ0) is 12.3. The smallest absolute Gasteiger partial charge is 0.223 e. The van der Waals surface area contributed by atoms with E-state index in [1.807, 2.05) is 13.1 Å². The lowest BCUT2D eigenvalue weighted by Gasteiger charge is -2.32. The van der Waals surface area contributed by atoms with Gasteiger partial charge in [0.15, 0.2) is 0 Å². The standard InChI is InChI=1S/C11H19N5O/c1-13-9-6-10(15-11(12)14-9)16-4-2-8(7-17)3-5-16/h6,8,17H,2-5,7H2,1H3,(H3,12,13,14,15). The molecule has 94 valence electrons. The van der Waals surface area contributed by atoms with Gasteiger partial charge in [0.25, 0.3) is 0 Å². The molecule has 1 aliphatic heterocycles. The second-order valence-corrected chi connectivity index (χ2v) is 4.33. The third-order valence-electron chi connectivity index (χ3n) is 3.18. The van der Waals surface area contributed by atoms with Crippen molar-refractivity contribution in [2.24, 2.45) is 5.92 Å². The van der Waals surface area contributed by atoms with Gasteiger partial charge < -0.3 is 21.1 Å². The van der Waals surface area contributed by atoms with Crippen LogP contribution in [0.3, 0.4) is 0 Å². The maximum Gasteiger partial charge on any atom is 0.223 e. The predicted octanol–water partition coefficient (Wildman–Crippen LogP) is 0.309. The second-order valence-electron chi connectivity index (χ2n) is 4.33. The third-order valence-corrected chi connectivity index (χ3v) is 3.18. The molecule has 1 aliphatic rings. The molecular formula is C11H19N5O. The molecule has 6 nitrogen and oxygen atoms in total. The molecule has 6 heteroatoms. The topological polar surface area (TPSA) is 87.3 Å². The van der Waals surface area contributed by atoms with Crippen LogP contribution in [0.5, 0.6) is 0 Å². The maximum atomic E-state index is 9.10. The molecule has 1 fully saturated rings. The number of nitrogens with zero attached hydrogens (tertiary/aromatic N) is 3. The number of nitrogens with one attached hydrogen (secondary N) is 1. The lowest BCUT2D eigenvalue weighted by Crippen LogP contribution is -2.35. The van der Waals surface area contributed by atoms with Crippen LogP contribution in [0, 0.1) is 5.92 Å². The lowest BCUT2D eigenvalue weighted by molar-refractivity contribution is 0.203. The molecule has 0 unspecified atom stereocenters. The molecule has 4 N–H and O–H groups in total. The van der Waals surface area contributed by atoms with E-state index in [1.165, 1.54) is 0 Å². The highest BCUT2D eigenvalue weighted by Crippen LogP contribution is 2.23. The van der Waals surface area contributed by atoms with Gasteiger partial charge in [0.2, 0.25) is 5.95 Å². The summed E-state index contributed by atoms with van der Waals surface area (Å²) in [5, 5.41) is 12.1. The summed E-state index contributed by atoms with van der Waals surface area (Å²) in [6.45, 7) is 2.09. The Labute approximate surface area is 101 Å². The first-order chi connectivity index (χ1) is 8.22. The van der Waals surface area contributed by atoms with Gasteiger partial charge in [-0.25, -0.2) is 0 Å². The molecule has 0 aliphatic carbocycles. The van der Waals surface area contributed by atoms with Gasteiger partial charge in [0.05, 0.1) is 0 Å². The molecule has 1 saturated heterocycles. The summed E-state index contributed by atoms with van der Waals surface area (Å²) >= 11 is 0. The monoisotopic (exact) mass is 237 g/mol. The maximum absolute atomic E-state index is 9.10. The van der Waals surface area contributed by atoms with Gasteiger partial charge in [0.1, 0.15) is 11.6 Å². The van der Waals surface area contributed by atoms with Crippen molar-refractivity contribution in [3.63, 3.8) is 0 Å². The summed E-state index contributed by atoms with van der Waals surface area (Å²) in [5.41, 5.74) is 5.67.